The molecule has 0 aromatic carbocycles. The smallest absolute Gasteiger partial charge is 0.407 e. The molecule has 3 atom stereocenters. The van der Waals surface area contributed by atoms with Crippen LogP contribution < -0.4 is 10.2 Å². The molecule has 2 amide bonds. The summed E-state index contributed by atoms with van der Waals surface area (Å²) in [7, 11) is 0. The van der Waals surface area contributed by atoms with Gasteiger partial charge < -0.3 is 15.3 Å². The first-order valence-electron chi connectivity index (χ1n) is 9.81. The maximum Gasteiger partial charge on any atom is 0.407 e. The molecule has 3 heterocycles. The van der Waals surface area contributed by atoms with Gasteiger partial charge >= 0.3 is 6.09 Å². The zero-order valence-corrected chi connectivity index (χ0v) is 15.7. The number of carboxylic acid groups (broad SMARTS) is 1. The number of anilines is 2. The predicted octanol–water partition coefficient (Wildman–Crippen LogP) is 2.06. The number of hydrogen-bond acceptors (Lipinski definition) is 5. The Morgan fingerprint density at radius 1 is 1.22 bits per heavy atom. The Morgan fingerprint density at radius 3 is 2.48 bits per heavy atom. The van der Waals surface area contributed by atoms with E-state index in [-0.39, 0.29) is 18.0 Å². The molecule has 1 unspecified atom stereocenters. The van der Waals surface area contributed by atoms with Crippen LogP contribution in [0.4, 0.5) is 16.4 Å². The largest absolute Gasteiger partial charge is 0.465 e. The van der Waals surface area contributed by atoms with Crippen molar-refractivity contribution >= 4 is 23.6 Å². The second-order valence-electron chi connectivity index (χ2n) is 9.02. The van der Waals surface area contributed by atoms with E-state index in [0.29, 0.717) is 30.7 Å². The third-order valence-corrected chi connectivity index (χ3v) is 6.71. The Bertz CT molecular complexity index is 808. The Kier molecular flexibility index (Phi) is 3.45. The molecule has 2 saturated carbocycles. The first-order valence-corrected chi connectivity index (χ1v) is 9.81. The van der Waals surface area contributed by atoms with E-state index < -0.39 is 11.5 Å². The van der Waals surface area contributed by atoms with Crippen molar-refractivity contribution in [2.24, 2.45) is 11.8 Å². The minimum Gasteiger partial charge on any atom is -0.465 e. The van der Waals surface area contributed by atoms with Crippen molar-refractivity contribution in [3.63, 3.8) is 0 Å². The summed E-state index contributed by atoms with van der Waals surface area (Å²) in [6.07, 6.45) is 3.17. The number of rotatable bonds is 3. The first-order chi connectivity index (χ1) is 12.8. The molecular formula is C19H25N5O3. The van der Waals surface area contributed by atoms with Crippen molar-refractivity contribution in [3.8, 4) is 0 Å². The van der Waals surface area contributed by atoms with E-state index in [0.717, 1.165) is 37.1 Å². The highest BCUT2D eigenvalue weighted by molar-refractivity contribution is 6.07. The maximum atomic E-state index is 12.8. The van der Waals surface area contributed by atoms with Crippen LogP contribution >= 0.6 is 0 Å². The molecule has 2 N–H and O–H groups in total. The Balaban J connectivity index is 1.32. The second-order valence-corrected chi connectivity index (χ2v) is 9.02. The minimum absolute atomic E-state index is 0.121. The molecule has 4 aliphatic rings. The van der Waals surface area contributed by atoms with Crippen molar-refractivity contribution in [2.75, 3.05) is 23.3 Å². The van der Waals surface area contributed by atoms with Crippen LogP contribution in [0, 0.1) is 11.8 Å². The van der Waals surface area contributed by atoms with Crippen LogP contribution in [-0.4, -0.2) is 57.4 Å². The summed E-state index contributed by atoms with van der Waals surface area (Å²) in [4.78, 5) is 27.3. The summed E-state index contributed by atoms with van der Waals surface area (Å²) in [5.41, 5.74) is 0.380. The SMILES string of the molecule is CC1(C)C(=O)N(C2CC2)c2nnc(NC3C[C@@H]4CN(C(=O)O)C[C@@H]4C3)cc21. The van der Waals surface area contributed by atoms with Gasteiger partial charge in [-0.25, -0.2) is 4.79 Å². The van der Waals surface area contributed by atoms with Gasteiger partial charge in [0.05, 0.1) is 5.41 Å². The average molecular weight is 371 g/mol. The van der Waals surface area contributed by atoms with Crippen molar-refractivity contribution < 1.29 is 14.7 Å². The number of amides is 2. The van der Waals surface area contributed by atoms with Crippen LogP contribution in [0.15, 0.2) is 6.07 Å². The Morgan fingerprint density at radius 2 is 1.89 bits per heavy atom. The van der Waals surface area contributed by atoms with E-state index >= 15 is 0 Å². The summed E-state index contributed by atoms with van der Waals surface area (Å²) in [6.45, 7) is 5.18. The van der Waals surface area contributed by atoms with Gasteiger partial charge in [0.25, 0.3) is 0 Å². The van der Waals surface area contributed by atoms with E-state index in [1.807, 2.05) is 24.8 Å². The van der Waals surface area contributed by atoms with Gasteiger partial charge in [-0.15, -0.1) is 10.2 Å². The van der Waals surface area contributed by atoms with Gasteiger partial charge in [0, 0.05) is 30.7 Å². The van der Waals surface area contributed by atoms with E-state index in [2.05, 4.69) is 15.5 Å². The molecule has 1 aromatic rings. The molecule has 0 radical (unpaired) electrons. The van der Waals surface area contributed by atoms with Gasteiger partial charge in [0.2, 0.25) is 5.91 Å². The van der Waals surface area contributed by atoms with Crippen LogP contribution in [0.5, 0.6) is 0 Å². The number of likely N-dealkylation sites (tertiary alicyclic amines) is 1. The van der Waals surface area contributed by atoms with Gasteiger partial charge in [-0.1, -0.05) is 0 Å². The van der Waals surface area contributed by atoms with Crippen LogP contribution in [-0.2, 0) is 10.2 Å². The van der Waals surface area contributed by atoms with Crippen LogP contribution in [0.3, 0.4) is 0 Å². The van der Waals surface area contributed by atoms with Crippen molar-refractivity contribution in [1.82, 2.24) is 15.1 Å². The highest BCUT2D eigenvalue weighted by Crippen LogP contribution is 2.46. The third kappa shape index (κ3) is 2.56. The normalized spacial score (nSPS) is 31.2. The fourth-order valence-corrected chi connectivity index (χ4v) is 5.06. The van der Waals surface area contributed by atoms with E-state index in [1.165, 1.54) is 4.90 Å². The maximum absolute atomic E-state index is 12.8. The monoisotopic (exact) mass is 371 g/mol. The molecule has 2 aliphatic carbocycles. The van der Waals surface area contributed by atoms with E-state index in [9.17, 15) is 9.59 Å². The number of hydrogen-bond donors (Lipinski definition) is 2. The quantitative estimate of drug-likeness (QED) is 0.844. The highest BCUT2D eigenvalue weighted by atomic mass is 16.4. The van der Waals surface area contributed by atoms with Gasteiger partial charge in [-0.3, -0.25) is 9.69 Å². The number of nitrogens with one attached hydrogen (secondary N) is 1. The van der Waals surface area contributed by atoms with Crippen LogP contribution in [0.2, 0.25) is 0 Å². The molecule has 2 aliphatic heterocycles. The number of fused-ring (bicyclic) bond motifs is 2. The average Bonchev–Trinajstić information content (AvgIpc) is 3.20. The zero-order valence-electron chi connectivity index (χ0n) is 15.7. The lowest BCUT2D eigenvalue weighted by atomic mass is 9.87. The van der Waals surface area contributed by atoms with Gasteiger partial charge in [-0.2, -0.15) is 0 Å². The van der Waals surface area contributed by atoms with Gasteiger partial charge in [0.1, 0.15) is 5.82 Å². The molecule has 3 fully saturated rings. The standard InChI is InChI=1S/C19H25N5O3/c1-19(2)14-7-15(21-22-16(14)24(17(19)25)13-3-4-13)20-12-5-10-8-23(18(26)27)9-11(10)6-12/h7,10-13H,3-6,8-9H2,1-2H3,(H,20,21)(H,26,27)/t10-,11+,12?. The van der Waals surface area contributed by atoms with Crippen molar-refractivity contribution in [1.29, 1.82) is 0 Å². The molecule has 0 bridgehead atoms. The van der Waals surface area contributed by atoms with E-state index in [4.69, 9.17) is 5.11 Å². The fraction of sp³-hybridized carbons (Fsp3) is 0.684. The molecule has 8 heteroatoms. The molecule has 1 aromatic heterocycles. The lowest BCUT2D eigenvalue weighted by Crippen LogP contribution is -2.37. The summed E-state index contributed by atoms with van der Waals surface area (Å²) in [6, 6.07) is 2.56. The number of carbonyl (C=O) groups excluding carboxylic acids is 1. The summed E-state index contributed by atoms with van der Waals surface area (Å²) >= 11 is 0. The highest BCUT2D eigenvalue weighted by Gasteiger charge is 2.50. The minimum atomic E-state index is -0.814. The van der Waals surface area contributed by atoms with Crippen molar-refractivity contribution in [2.45, 2.75) is 57.0 Å². The molecule has 0 spiro atoms. The molecule has 144 valence electrons. The Hall–Kier alpha value is -2.38. The fourth-order valence-electron chi connectivity index (χ4n) is 5.06. The van der Waals surface area contributed by atoms with E-state index in [1.54, 1.807) is 0 Å². The molecule has 27 heavy (non-hydrogen) atoms. The van der Waals surface area contributed by atoms with Crippen LogP contribution in [0.25, 0.3) is 0 Å². The van der Waals surface area contributed by atoms with Crippen LogP contribution in [0.1, 0.15) is 45.1 Å². The second kappa shape index (κ2) is 5.56. The molecule has 1 saturated heterocycles. The number of carbonyl (C=O) groups is 2. The van der Waals surface area contributed by atoms with Gasteiger partial charge in [-0.05, 0) is 57.4 Å². The lowest BCUT2D eigenvalue weighted by molar-refractivity contribution is -0.122. The third-order valence-electron chi connectivity index (χ3n) is 6.71. The lowest BCUT2D eigenvalue weighted by Gasteiger charge is -2.19. The summed E-state index contributed by atoms with van der Waals surface area (Å²) in [5, 5.41) is 21.4. The molecular weight excluding hydrogens is 346 g/mol. The summed E-state index contributed by atoms with van der Waals surface area (Å²) < 4.78 is 0. The Labute approximate surface area is 157 Å². The topological polar surface area (TPSA) is 98.7 Å². The zero-order chi connectivity index (χ0) is 18.9. The van der Waals surface area contributed by atoms with Crippen molar-refractivity contribution in [3.05, 3.63) is 11.6 Å². The number of nitrogens with zero attached hydrogens (tertiary/aromatic N) is 4. The predicted molar refractivity (Wildman–Crippen MR) is 98.8 cm³/mol. The molecule has 5 rings (SSSR count). The molecule has 8 nitrogen and oxygen atoms in total. The first kappa shape index (κ1) is 16.8. The summed E-state index contributed by atoms with van der Waals surface area (Å²) in [5.74, 6) is 2.40. The van der Waals surface area contributed by atoms with Gasteiger partial charge in [0.15, 0.2) is 5.82 Å². The number of aromatic nitrogens is 2.